The fourth-order valence-corrected chi connectivity index (χ4v) is 2.61. The molecule has 0 saturated heterocycles. The number of carbonyl (C=O) groups excluding carboxylic acids is 1. The molecular weight excluding hydrogens is 310 g/mol. The van der Waals surface area contributed by atoms with Crippen molar-refractivity contribution in [1.29, 1.82) is 0 Å². The highest BCUT2D eigenvalue weighted by Gasteiger charge is 2.08. The van der Waals surface area contributed by atoms with E-state index in [0.717, 1.165) is 5.56 Å². The first-order valence-electron chi connectivity index (χ1n) is 6.30. The molecule has 2 aromatic carbocycles. The van der Waals surface area contributed by atoms with Crippen LogP contribution < -0.4 is 5.32 Å². The molecule has 0 saturated carbocycles. The van der Waals surface area contributed by atoms with Gasteiger partial charge in [0.2, 0.25) is 0 Å². The van der Waals surface area contributed by atoms with Crippen LogP contribution in [0, 0.1) is 0 Å². The van der Waals surface area contributed by atoms with Gasteiger partial charge in [-0.25, -0.2) is 4.21 Å². The van der Waals surface area contributed by atoms with Crippen molar-refractivity contribution < 1.29 is 13.6 Å². The second-order valence-corrected chi connectivity index (χ2v) is 5.74. The minimum Gasteiger partial charge on any atom is -0.352 e. The van der Waals surface area contributed by atoms with Gasteiger partial charge in [0.15, 0.2) is 11.1 Å². The Labute approximate surface area is 130 Å². The van der Waals surface area contributed by atoms with Crippen LogP contribution in [0.4, 0.5) is 0 Å². The fourth-order valence-electron chi connectivity index (χ4n) is 1.89. The van der Waals surface area contributed by atoms with Crippen molar-refractivity contribution in [2.75, 3.05) is 6.54 Å². The van der Waals surface area contributed by atoms with Crippen LogP contribution in [0.1, 0.15) is 15.9 Å². The van der Waals surface area contributed by atoms with Gasteiger partial charge >= 0.3 is 0 Å². The minimum atomic E-state index is -2.02. The normalized spacial score (nSPS) is 11.9. The highest BCUT2D eigenvalue weighted by Crippen LogP contribution is 2.13. The SMILES string of the molecule is O=C(NCCc1ccccc1S(=O)O)c1ccc(Cl)cc1. The first kappa shape index (κ1) is 15.7. The van der Waals surface area contributed by atoms with Crippen LogP contribution in [0.3, 0.4) is 0 Å². The molecule has 0 radical (unpaired) electrons. The van der Waals surface area contributed by atoms with Gasteiger partial charge in [-0.15, -0.1) is 0 Å². The van der Waals surface area contributed by atoms with Gasteiger partial charge in [0.1, 0.15) is 0 Å². The maximum Gasteiger partial charge on any atom is 0.251 e. The van der Waals surface area contributed by atoms with E-state index in [4.69, 9.17) is 11.6 Å². The monoisotopic (exact) mass is 323 g/mol. The Balaban J connectivity index is 1.94. The van der Waals surface area contributed by atoms with Crippen molar-refractivity contribution in [3.63, 3.8) is 0 Å². The molecule has 2 aromatic rings. The molecule has 0 spiro atoms. The van der Waals surface area contributed by atoms with Crippen LogP contribution in [0.5, 0.6) is 0 Å². The van der Waals surface area contributed by atoms with Crippen molar-refractivity contribution in [2.24, 2.45) is 0 Å². The maximum absolute atomic E-state index is 11.9. The van der Waals surface area contributed by atoms with Crippen molar-refractivity contribution in [3.8, 4) is 0 Å². The van der Waals surface area contributed by atoms with Gasteiger partial charge in [0.25, 0.3) is 5.91 Å². The highest BCUT2D eigenvalue weighted by atomic mass is 35.5. The molecule has 0 aliphatic heterocycles. The van der Waals surface area contributed by atoms with E-state index in [1.165, 1.54) is 0 Å². The number of hydrogen-bond donors (Lipinski definition) is 2. The average molecular weight is 324 g/mol. The van der Waals surface area contributed by atoms with E-state index in [2.05, 4.69) is 5.32 Å². The lowest BCUT2D eigenvalue weighted by Crippen LogP contribution is -2.25. The van der Waals surface area contributed by atoms with E-state index in [1.54, 1.807) is 48.5 Å². The Morgan fingerprint density at radius 2 is 1.81 bits per heavy atom. The molecular formula is C15H14ClNO3S. The topological polar surface area (TPSA) is 66.4 Å². The third kappa shape index (κ3) is 4.39. The maximum atomic E-state index is 11.9. The zero-order chi connectivity index (χ0) is 15.2. The second kappa shape index (κ2) is 7.36. The Bertz CT molecular complexity index is 658. The summed E-state index contributed by atoms with van der Waals surface area (Å²) in [4.78, 5) is 12.3. The van der Waals surface area contributed by atoms with Crippen molar-refractivity contribution in [1.82, 2.24) is 5.32 Å². The van der Waals surface area contributed by atoms with Gasteiger partial charge in [0, 0.05) is 17.1 Å². The zero-order valence-corrected chi connectivity index (χ0v) is 12.7. The zero-order valence-electron chi connectivity index (χ0n) is 11.1. The third-order valence-corrected chi connectivity index (χ3v) is 3.97. The van der Waals surface area contributed by atoms with E-state index >= 15 is 0 Å². The number of benzene rings is 2. The van der Waals surface area contributed by atoms with Crippen molar-refractivity contribution in [3.05, 3.63) is 64.7 Å². The molecule has 0 aliphatic rings. The summed E-state index contributed by atoms with van der Waals surface area (Å²) in [7, 11) is 0. The summed E-state index contributed by atoms with van der Waals surface area (Å²) in [5.41, 5.74) is 1.27. The molecule has 1 unspecified atom stereocenters. The van der Waals surface area contributed by atoms with Crippen LogP contribution in [0.2, 0.25) is 5.02 Å². The van der Waals surface area contributed by atoms with E-state index in [0.29, 0.717) is 28.4 Å². The van der Waals surface area contributed by atoms with Gasteiger partial charge in [-0.1, -0.05) is 29.8 Å². The van der Waals surface area contributed by atoms with Crippen LogP contribution in [-0.2, 0) is 17.5 Å². The average Bonchev–Trinajstić information content (AvgIpc) is 2.48. The van der Waals surface area contributed by atoms with Crippen LogP contribution >= 0.6 is 11.6 Å². The Kier molecular flexibility index (Phi) is 5.50. The minimum absolute atomic E-state index is 0.200. The number of amides is 1. The summed E-state index contributed by atoms with van der Waals surface area (Å²) in [5.74, 6) is -0.200. The molecule has 0 heterocycles. The Morgan fingerprint density at radius 1 is 1.14 bits per heavy atom. The summed E-state index contributed by atoms with van der Waals surface area (Å²) in [5, 5.41) is 3.35. The van der Waals surface area contributed by atoms with Gasteiger partial charge in [-0.05, 0) is 42.3 Å². The van der Waals surface area contributed by atoms with Crippen LogP contribution in [0.15, 0.2) is 53.4 Å². The summed E-state index contributed by atoms with van der Waals surface area (Å²) >= 11 is 3.74. The number of rotatable bonds is 5. The molecule has 0 fully saturated rings. The molecule has 0 aliphatic carbocycles. The molecule has 2 N–H and O–H groups in total. The van der Waals surface area contributed by atoms with E-state index < -0.39 is 11.1 Å². The summed E-state index contributed by atoms with van der Waals surface area (Å²) < 4.78 is 20.4. The number of hydrogen-bond acceptors (Lipinski definition) is 2. The number of carbonyl (C=O) groups is 1. The molecule has 1 amide bonds. The molecule has 4 nitrogen and oxygen atoms in total. The molecule has 0 bridgehead atoms. The molecule has 2 rings (SSSR count). The largest absolute Gasteiger partial charge is 0.352 e. The quantitative estimate of drug-likeness (QED) is 0.831. The van der Waals surface area contributed by atoms with E-state index in [9.17, 15) is 13.6 Å². The highest BCUT2D eigenvalue weighted by molar-refractivity contribution is 7.79. The van der Waals surface area contributed by atoms with Crippen LogP contribution in [-0.4, -0.2) is 21.2 Å². The molecule has 21 heavy (non-hydrogen) atoms. The summed E-state index contributed by atoms with van der Waals surface area (Å²) in [6.45, 7) is 0.385. The smallest absolute Gasteiger partial charge is 0.251 e. The lowest BCUT2D eigenvalue weighted by molar-refractivity contribution is 0.0954. The van der Waals surface area contributed by atoms with Gasteiger partial charge < -0.3 is 9.87 Å². The Hall–Kier alpha value is -1.69. The molecule has 110 valence electrons. The molecule has 6 heteroatoms. The van der Waals surface area contributed by atoms with Gasteiger partial charge in [0.05, 0.1) is 4.90 Å². The number of halogens is 1. The second-order valence-electron chi connectivity index (χ2n) is 4.37. The van der Waals surface area contributed by atoms with Crippen molar-refractivity contribution >= 4 is 28.6 Å². The standard InChI is InChI=1S/C15H14ClNO3S/c16-13-7-5-12(6-8-13)15(18)17-10-9-11-3-1-2-4-14(11)21(19)20/h1-8H,9-10H2,(H,17,18)(H,19,20). The first-order chi connectivity index (χ1) is 10.1. The lowest BCUT2D eigenvalue weighted by Gasteiger charge is -2.08. The lowest BCUT2D eigenvalue weighted by atomic mass is 10.1. The first-order valence-corrected chi connectivity index (χ1v) is 7.79. The van der Waals surface area contributed by atoms with Crippen molar-refractivity contribution in [2.45, 2.75) is 11.3 Å². The predicted octanol–water partition coefficient (Wildman–Crippen LogP) is 2.89. The van der Waals surface area contributed by atoms with Crippen LogP contribution in [0.25, 0.3) is 0 Å². The Morgan fingerprint density at radius 3 is 2.48 bits per heavy atom. The van der Waals surface area contributed by atoms with Gasteiger partial charge in [-0.3, -0.25) is 4.79 Å². The van der Waals surface area contributed by atoms with Gasteiger partial charge in [-0.2, -0.15) is 0 Å². The predicted molar refractivity (Wildman–Crippen MR) is 83.0 cm³/mol. The van der Waals surface area contributed by atoms with E-state index in [1.807, 2.05) is 0 Å². The number of nitrogens with one attached hydrogen (secondary N) is 1. The fraction of sp³-hybridized carbons (Fsp3) is 0.133. The summed E-state index contributed by atoms with van der Waals surface area (Å²) in [6, 6.07) is 13.5. The molecule has 0 aromatic heterocycles. The molecule has 1 atom stereocenters. The third-order valence-electron chi connectivity index (χ3n) is 2.95. The summed E-state index contributed by atoms with van der Waals surface area (Å²) in [6.07, 6.45) is 0.488. The van der Waals surface area contributed by atoms with E-state index in [-0.39, 0.29) is 5.91 Å².